The van der Waals surface area contributed by atoms with Crippen LogP contribution in [-0.4, -0.2) is 55.1 Å². The molecule has 1 atom stereocenters. The Morgan fingerprint density at radius 2 is 2.05 bits per heavy atom. The Hall–Kier alpha value is -1.46. The number of nitrogens with zero attached hydrogens (tertiary/aromatic N) is 2. The molecule has 1 amide bonds. The van der Waals surface area contributed by atoms with Gasteiger partial charge in [-0.1, -0.05) is 19.1 Å². The molecule has 1 aliphatic heterocycles. The van der Waals surface area contributed by atoms with Crippen LogP contribution in [0.15, 0.2) is 24.3 Å². The minimum Gasteiger partial charge on any atom is -0.382 e. The van der Waals surface area contributed by atoms with Crippen LogP contribution in [0.2, 0.25) is 0 Å². The highest BCUT2D eigenvalue weighted by atomic mass is 19.1. The quantitative estimate of drug-likeness (QED) is 0.831. The van der Waals surface area contributed by atoms with Crippen molar-refractivity contribution < 1.29 is 13.9 Å². The molecule has 0 spiro atoms. The molecule has 116 valence electrons. The lowest BCUT2D eigenvalue weighted by molar-refractivity contribution is -0.137. The van der Waals surface area contributed by atoms with E-state index in [1.807, 2.05) is 24.0 Å². The van der Waals surface area contributed by atoms with Crippen LogP contribution in [-0.2, 0) is 16.1 Å². The van der Waals surface area contributed by atoms with Gasteiger partial charge in [0.1, 0.15) is 5.82 Å². The fourth-order valence-corrected chi connectivity index (χ4v) is 2.78. The monoisotopic (exact) mass is 294 g/mol. The maximum absolute atomic E-state index is 12.9. The van der Waals surface area contributed by atoms with Crippen LogP contribution in [0.3, 0.4) is 0 Å². The lowest BCUT2D eigenvalue weighted by atomic mass is 10.1. The predicted octanol–water partition coefficient (Wildman–Crippen LogP) is 1.89. The Kier molecular flexibility index (Phi) is 5.70. The predicted molar refractivity (Wildman–Crippen MR) is 79.3 cm³/mol. The smallest absolute Gasteiger partial charge is 0.222 e. The first-order valence-electron chi connectivity index (χ1n) is 7.39. The summed E-state index contributed by atoms with van der Waals surface area (Å²) in [6, 6.07) is 6.68. The number of amides is 1. The second-order valence-corrected chi connectivity index (χ2v) is 5.41. The molecule has 0 unspecified atom stereocenters. The van der Waals surface area contributed by atoms with Crippen LogP contribution in [0.4, 0.5) is 4.39 Å². The number of rotatable bonds is 5. The van der Waals surface area contributed by atoms with Crippen LogP contribution < -0.4 is 0 Å². The highest BCUT2D eigenvalue weighted by molar-refractivity contribution is 5.76. The molecule has 5 heteroatoms. The molecule has 1 heterocycles. The van der Waals surface area contributed by atoms with Gasteiger partial charge in [0.25, 0.3) is 0 Å². The van der Waals surface area contributed by atoms with Gasteiger partial charge in [-0.25, -0.2) is 4.39 Å². The molecule has 1 fully saturated rings. The van der Waals surface area contributed by atoms with Crippen molar-refractivity contribution in [1.29, 1.82) is 0 Å². The van der Waals surface area contributed by atoms with Gasteiger partial charge < -0.3 is 9.64 Å². The Bertz CT molecular complexity index is 464. The second-order valence-electron chi connectivity index (χ2n) is 5.41. The molecule has 0 aromatic heterocycles. The van der Waals surface area contributed by atoms with Gasteiger partial charge in [0.05, 0.1) is 12.6 Å². The van der Waals surface area contributed by atoms with Gasteiger partial charge in [-0.3, -0.25) is 9.69 Å². The summed E-state index contributed by atoms with van der Waals surface area (Å²) in [7, 11) is 1.66. The molecule has 0 radical (unpaired) electrons. The summed E-state index contributed by atoms with van der Waals surface area (Å²) in [6.07, 6.45) is 0.526. The minimum absolute atomic E-state index is 0.0941. The number of hydrogen-bond acceptors (Lipinski definition) is 3. The fraction of sp³-hybridized carbons (Fsp3) is 0.562. The average molecular weight is 294 g/mol. The van der Waals surface area contributed by atoms with Crippen LogP contribution in [0, 0.1) is 5.82 Å². The SMILES string of the molecule is CCC(=O)N1CCN(Cc2ccc(F)cc2)C[C@H]1COC. The van der Waals surface area contributed by atoms with Crippen LogP contribution >= 0.6 is 0 Å². The van der Waals surface area contributed by atoms with E-state index in [-0.39, 0.29) is 17.8 Å². The van der Waals surface area contributed by atoms with Gasteiger partial charge in [0, 0.05) is 39.7 Å². The first-order chi connectivity index (χ1) is 10.1. The summed E-state index contributed by atoms with van der Waals surface area (Å²) < 4.78 is 18.2. The van der Waals surface area contributed by atoms with Gasteiger partial charge in [-0.05, 0) is 17.7 Å². The van der Waals surface area contributed by atoms with Crippen molar-refractivity contribution in [1.82, 2.24) is 9.80 Å². The van der Waals surface area contributed by atoms with Crippen molar-refractivity contribution in [2.24, 2.45) is 0 Å². The highest BCUT2D eigenvalue weighted by Crippen LogP contribution is 2.15. The molecular weight excluding hydrogens is 271 g/mol. The van der Waals surface area contributed by atoms with Crippen LogP contribution in [0.1, 0.15) is 18.9 Å². The van der Waals surface area contributed by atoms with E-state index in [0.29, 0.717) is 13.0 Å². The molecule has 0 bridgehead atoms. The van der Waals surface area contributed by atoms with E-state index in [1.54, 1.807) is 7.11 Å². The lowest BCUT2D eigenvalue weighted by Gasteiger charge is -2.41. The van der Waals surface area contributed by atoms with Crippen molar-refractivity contribution in [2.75, 3.05) is 33.4 Å². The molecule has 1 aromatic carbocycles. The average Bonchev–Trinajstić information content (AvgIpc) is 2.49. The van der Waals surface area contributed by atoms with Crippen LogP contribution in [0.5, 0.6) is 0 Å². The first kappa shape index (κ1) is 15.9. The third-order valence-corrected chi connectivity index (χ3v) is 3.87. The van der Waals surface area contributed by atoms with E-state index in [1.165, 1.54) is 12.1 Å². The van der Waals surface area contributed by atoms with E-state index in [9.17, 15) is 9.18 Å². The second kappa shape index (κ2) is 7.52. The number of methoxy groups -OCH3 is 1. The number of hydrogen-bond donors (Lipinski definition) is 0. The molecule has 0 aliphatic carbocycles. The van der Waals surface area contributed by atoms with Crippen molar-refractivity contribution >= 4 is 5.91 Å². The standard InChI is InChI=1S/C16H23FN2O2/c1-3-16(20)19-9-8-18(11-15(19)12-21-2)10-13-4-6-14(17)7-5-13/h4-7,15H,3,8-12H2,1-2H3/t15-/m0/s1. The fourth-order valence-electron chi connectivity index (χ4n) is 2.78. The number of carbonyl (C=O) groups excluding carboxylic acids is 1. The molecule has 21 heavy (non-hydrogen) atoms. The maximum atomic E-state index is 12.9. The third-order valence-electron chi connectivity index (χ3n) is 3.87. The third kappa shape index (κ3) is 4.25. The highest BCUT2D eigenvalue weighted by Gasteiger charge is 2.29. The number of halogens is 1. The molecule has 1 aliphatic rings. The topological polar surface area (TPSA) is 32.8 Å². The first-order valence-corrected chi connectivity index (χ1v) is 7.39. The zero-order valence-electron chi connectivity index (χ0n) is 12.7. The number of ether oxygens (including phenoxy) is 1. The molecule has 0 saturated carbocycles. The van der Waals surface area contributed by atoms with Crippen molar-refractivity contribution in [3.8, 4) is 0 Å². The number of carbonyl (C=O) groups is 1. The van der Waals surface area contributed by atoms with Crippen LogP contribution in [0.25, 0.3) is 0 Å². The van der Waals surface area contributed by atoms with Crippen molar-refractivity contribution in [3.05, 3.63) is 35.6 Å². The number of piperazine rings is 1. The molecular formula is C16H23FN2O2. The molecule has 1 aromatic rings. The van der Waals surface area contributed by atoms with Gasteiger partial charge in [-0.15, -0.1) is 0 Å². The van der Waals surface area contributed by atoms with E-state index < -0.39 is 0 Å². The molecule has 0 N–H and O–H groups in total. The summed E-state index contributed by atoms with van der Waals surface area (Å²) in [4.78, 5) is 16.2. The normalized spacial score (nSPS) is 19.8. The van der Waals surface area contributed by atoms with E-state index in [2.05, 4.69) is 4.90 Å². The zero-order chi connectivity index (χ0) is 15.2. The van der Waals surface area contributed by atoms with Gasteiger partial charge in [0.15, 0.2) is 0 Å². The van der Waals surface area contributed by atoms with E-state index >= 15 is 0 Å². The lowest BCUT2D eigenvalue weighted by Crippen LogP contribution is -2.56. The summed E-state index contributed by atoms with van der Waals surface area (Å²) in [5.41, 5.74) is 1.09. The molecule has 1 saturated heterocycles. The zero-order valence-corrected chi connectivity index (χ0v) is 12.7. The summed E-state index contributed by atoms with van der Waals surface area (Å²) >= 11 is 0. The van der Waals surface area contributed by atoms with Crippen molar-refractivity contribution in [3.63, 3.8) is 0 Å². The van der Waals surface area contributed by atoms with E-state index in [4.69, 9.17) is 4.74 Å². The molecule has 2 rings (SSSR count). The largest absolute Gasteiger partial charge is 0.382 e. The van der Waals surface area contributed by atoms with Gasteiger partial charge in [0.2, 0.25) is 5.91 Å². The molecule has 4 nitrogen and oxygen atoms in total. The minimum atomic E-state index is -0.214. The van der Waals surface area contributed by atoms with Gasteiger partial charge >= 0.3 is 0 Å². The summed E-state index contributed by atoms with van der Waals surface area (Å²) in [5, 5.41) is 0. The Labute approximate surface area is 125 Å². The van der Waals surface area contributed by atoms with E-state index in [0.717, 1.165) is 31.7 Å². The Balaban J connectivity index is 1.97. The maximum Gasteiger partial charge on any atom is 0.222 e. The number of benzene rings is 1. The Morgan fingerprint density at radius 3 is 2.67 bits per heavy atom. The Morgan fingerprint density at radius 1 is 1.33 bits per heavy atom. The van der Waals surface area contributed by atoms with Gasteiger partial charge in [-0.2, -0.15) is 0 Å². The summed E-state index contributed by atoms with van der Waals surface area (Å²) in [5.74, 6) is -0.0344. The van der Waals surface area contributed by atoms with Crippen molar-refractivity contribution in [2.45, 2.75) is 25.9 Å². The summed E-state index contributed by atoms with van der Waals surface area (Å²) in [6.45, 7) is 5.56.